The molecule has 35 heavy (non-hydrogen) atoms. The van der Waals surface area contributed by atoms with Crippen LogP contribution in [0.25, 0.3) is 11.1 Å². The summed E-state index contributed by atoms with van der Waals surface area (Å²) in [6.07, 6.45) is 0.0300. The number of amides is 2. The predicted molar refractivity (Wildman–Crippen MR) is 131 cm³/mol. The fourth-order valence-corrected chi connectivity index (χ4v) is 5.59. The first-order chi connectivity index (χ1) is 16.8. The van der Waals surface area contributed by atoms with E-state index in [0.717, 1.165) is 16.0 Å². The number of carboxylic acids is 1. The average molecular weight is 490 g/mol. The first-order valence-electron chi connectivity index (χ1n) is 11.6. The summed E-state index contributed by atoms with van der Waals surface area (Å²) in [5.41, 5.74) is 3.28. The highest BCUT2D eigenvalue weighted by molar-refractivity contribution is 6.30. The van der Waals surface area contributed by atoms with Crippen molar-refractivity contribution in [1.29, 1.82) is 0 Å². The third-order valence-corrected chi connectivity index (χ3v) is 7.51. The lowest BCUT2D eigenvalue weighted by Gasteiger charge is -2.27. The number of aliphatic hydroxyl groups excluding tert-OH is 1. The van der Waals surface area contributed by atoms with Gasteiger partial charge < -0.3 is 10.2 Å². The van der Waals surface area contributed by atoms with Crippen molar-refractivity contribution < 1.29 is 24.6 Å². The third kappa shape index (κ3) is 4.24. The molecule has 0 saturated heterocycles. The SMILES string of the molecule is O=C(O)[C@H]1[C@H](CN2C(=O)c3ccccc3C2=O)CC[C@@H]1[C@H](O)c1ccc(-c2ccc(Cl)cc2)cc1. The van der Waals surface area contributed by atoms with Crippen LogP contribution in [0.1, 0.15) is 45.2 Å². The van der Waals surface area contributed by atoms with Crippen LogP contribution >= 0.6 is 11.6 Å². The number of aliphatic carboxylic acids is 1. The molecule has 0 bridgehead atoms. The van der Waals surface area contributed by atoms with Crippen LogP contribution < -0.4 is 0 Å². The van der Waals surface area contributed by atoms with Crippen LogP contribution in [-0.4, -0.2) is 39.4 Å². The highest BCUT2D eigenvalue weighted by atomic mass is 35.5. The summed E-state index contributed by atoms with van der Waals surface area (Å²) in [4.78, 5) is 39.0. The van der Waals surface area contributed by atoms with Crippen molar-refractivity contribution >= 4 is 29.4 Å². The molecule has 4 atom stereocenters. The standard InChI is InChI=1S/C28H24ClNO5/c29-20-12-9-17(10-13-20)16-5-7-18(8-6-16)25(31)23-14-11-19(24(23)28(34)35)15-30-26(32)21-3-1-2-4-22(21)27(30)33/h1-10,12-13,19,23-25,31H,11,14-15H2,(H,34,35)/t19-,23-,24-,25+/m0/s1. The van der Waals surface area contributed by atoms with E-state index < -0.39 is 41.6 Å². The summed E-state index contributed by atoms with van der Waals surface area (Å²) in [5.74, 6) is -3.62. The van der Waals surface area contributed by atoms with E-state index in [-0.39, 0.29) is 6.54 Å². The van der Waals surface area contributed by atoms with Crippen LogP contribution in [0.5, 0.6) is 0 Å². The van der Waals surface area contributed by atoms with Crippen molar-refractivity contribution in [2.45, 2.75) is 18.9 Å². The first kappa shape index (κ1) is 23.3. The number of carbonyl (C=O) groups is 3. The molecule has 1 aliphatic carbocycles. The van der Waals surface area contributed by atoms with Crippen molar-refractivity contribution in [2.75, 3.05) is 6.54 Å². The Morgan fingerprint density at radius 2 is 1.43 bits per heavy atom. The Bertz CT molecular complexity index is 1250. The summed E-state index contributed by atoms with van der Waals surface area (Å²) in [5, 5.41) is 21.8. The monoisotopic (exact) mass is 489 g/mol. The number of carboxylic acid groups (broad SMARTS) is 1. The van der Waals surface area contributed by atoms with Gasteiger partial charge in [0.15, 0.2) is 0 Å². The second-order valence-corrected chi connectivity index (χ2v) is 9.64. The molecule has 1 fully saturated rings. The second-order valence-electron chi connectivity index (χ2n) is 9.21. The van der Waals surface area contributed by atoms with E-state index in [0.29, 0.717) is 34.6 Å². The van der Waals surface area contributed by atoms with Crippen LogP contribution in [0, 0.1) is 17.8 Å². The fraction of sp³-hybridized carbons (Fsp3) is 0.250. The molecule has 2 aliphatic rings. The maximum absolute atomic E-state index is 12.8. The molecule has 1 aliphatic heterocycles. The predicted octanol–water partition coefficient (Wildman–Crippen LogP) is 5.06. The molecule has 0 unspecified atom stereocenters. The van der Waals surface area contributed by atoms with Crippen LogP contribution in [-0.2, 0) is 4.79 Å². The molecule has 7 heteroatoms. The normalized spacial score (nSPS) is 22.3. The highest BCUT2D eigenvalue weighted by Crippen LogP contribution is 2.45. The van der Waals surface area contributed by atoms with E-state index in [4.69, 9.17) is 11.6 Å². The molecular formula is C28H24ClNO5. The number of hydrogen-bond donors (Lipinski definition) is 2. The molecule has 3 aromatic rings. The van der Waals surface area contributed by atoms with Gasteiger partial charge >= 0.3 is 5.97 Å². The average Bonchev–Trinajstić information content (AvgIpc) is 3.40. The quantitative estimate of drug-likeness (QED) is 0.472. The number of hydrogen-bond acceptors (Lipinski definition) is 4. The molecule has 1 heterocycles. The molecule has 3 aromatic carbocycles. The zero-order valence-electron chi connectivity index (χ0n) is 18.8. The van der Waals surface area contributed by atoms with E-state index in [2.05, 4.69) is 0 Å². The summed E-state index contributed by atoms with van der Waals surface area (Å²) < 4.78 is 0. The number of nitrogens with zero attached hydrogens (tertiary/aromatic N) is 1. The van der Waals surface area contributed by atoms with Gasteiger partial charge in [0.25, 0.3) is 11.8 Å². The Kier molecular flexibility index (Phi) is 6.17. The Morgan fingerprint density at radius 3 is 1.97 bits per heavy atom. The number of halogens is 1. The van der Waals surface area contributed by atoms with Gasteiger partial charge in [0, 0.05) is 17.5 Å². The smallest absolute Gasteiger partial charge is 0.307 e. The number of fused-ring (bicyclic) bond motifs is 1. The van der Waals surface area contributed by atoms with Crippen molar-refractivity contribution in [3.8, 4) is 11.1 Å². The molecule has 178 valence electrons. The lowest BCUT2D eigenvalue weighted by Crippen LogP contribution is -2.39. The number of benzene rings is 3. The van der Waals surface area contributed by atoms with Crippen LogP contribution in [0.3, 0.4) is 0 Å². The molecule has 2 N–H and O–H groups in total. The Morgan fingerprint density at radius 1 is 0.886 bits per heavy atom. The van der Waals surface area contributed by atoms with E-state index in [9.17, 15) is 24.6 Å². The Hall–Kier alpha value is -3.48. The number of aliphatic hydroxyl groups is 1. The minimum absolute atomic E-state index is 0.0298. The van der Waals surface area contributed by atoms with E-state index >= 15 is 0 Å². The third-order valence-electron chi connectivity index (χ3n) is 7.26. The summed E-state index contributed by atoms with van der Waals surface area (Å²) in [6.45, 7) is 0.0298. The van der Waals surface area contributed by atoms with Gasteiger partial charge in [-0.05, 0) is 59.7 Å². The molecule has 0 aromatic heterocycles. The lowest BCUT2D eigenvalue weighted by molar-refractivity contribution is -0.146. The molecule has 2 amide bonds. The molecule has 0 radical (unpaired) electrons. The Labute approximate surface area is 207 Å². The van der Waals surface area contributed by atoms with Gasteiger partial charge in [-0.15, -0.1) is 0 Å². The largest absolute Gasteiger partial charge is 0.481 e. The first-order valence-corrected chi connectivity index (χ1v) is 11.9. The second kappa shape index (κ2) is 9.29. The highest BCUT2D eigenvalue weighted by Gasteiger charge is 2.47. The molecule has 5 rings (SSSR count). The number of rotatable bonds is 6. The van der Waals surface area contributed by atoms with E-state index in [1.54, 1.807) is 24.3 Å². The number of carbonyl (C=O) groups excluding carboxylic acids is 2. The number of imide groups is 1. The maximum Gasteiger partial charge on any atom is 0.307 e. The van der Waals surface area contributed by atoms with Crippen LogP contribution in [0.15, 0.2) is 72.8 Å². The van der Waals surface area contributed by atoms with E-state index in [1.165, 1.54) is 0 Å². The minimum atomic E-state index is -1.02. The van der Waals surface area contributed by atoms with Crippen LogP contribution in [0.2, 0.25) is 5.02 Å². The van der Waals surface area contributed by atoms with Gasteiger partial charge in [-0.3, -0.25) is 19.3 Å². The fourth-order valence-electron chi connectivity index (χ4n) is 5.46. The lowest BCUT2D eigenvalue weighted by atomic mass is 9.83. The zero-order valence-corrected chi connectivity index (χ0v) is 19.6. The van der Waals surface area contributed by atoms with Gasteiger partial charge in [0.05, 0.1) is 23.1 Å². The summed E-state index contributed by atoms with van der Waals surface area (Å²) in [6, 6.07) is 21.5. The molecule has 6 nitrogen and oxygen atoms in total. The molecule has 0 spiro atoms. The minimum Gasteiger partial charge on any atom is -0.481 e. The van der Waals surface area contributed by atoms with Gasteiger partial charge in [-0.2, -0.15) is 0 Å². The van der Waals surface area contributed by atoms with Gasteiger partial charge in [0.2, 0.25) is 0 Å². The van der Waals surface area contributed by atoms with Crippen LogP contribution in [0.4, 0.5) is 0 Å². The summed E-state index contributed by atoms with van der Waals surface area (Å²) >= 11 is 5.96. The van der Waals surface area contributed by atoms with Gasteiger partial charge in [-0.25, -0.2) is 0 Å². The molecule has 1 saturated carbocycles. The van der Waals surface area contributed by atoms with Gasteiger partial charge in [0.1, 0.15) is 0 Å². The van der Waals surface area contributed by atoms with Crippen molar-refractivity contribution in [3.63, 3.8) is 0 Å². The van der Waals surface area contributed by atoms with Gasteiger partial charge in [-0.1, -0.05) is 60.1 Å². The topological polar surface area (TPSA) is 94.9 Å². The van der Waals surface area contributed by atoms with Crippen molar-refractivity contribution in [1.82, 2.24) is 4.90 Å². The summed E-state index contributed by atoms with van der Waals surface area (Å²) in [7, 11) is 0. The Balaban J connectivity index is 1.33. The maximum atomic E-state index is 12.8. The molecular weight excluding hydrogens is 466 g/mol. The zero-order chi connectivity index (χ0) is 24.7. The van der Waals surface area contributed by atoms with E-state index in [1.807, 2.05) is 48.5 Å². The van der Waals surface area contributed by atoms with Crippen molar-refractivity contribution in [2.24, 2.45) is 17.8 Å². The van der Waals surface area contributed by atoms with Crippen molar-refractivity contribution in [3.05, 3.63) is 94.5 Å².